The number of carbonyl (C=O) groups excluding carboxylic acids is 1. The first-order valence-corrected chi connectivity index (χ1v) is 10.4. The number of nitrogens with zero attached hydrogens (tertiary/aromatic N) is 1. The zero-order valence-electron chi connectivity index (χ0n) is 16.8. The molecule has 0 aliphatic rings. The molecule has 0 spiro atoms. The number of unbranched alkanes of at least 4 members (excludes halogenated alkanes) is 6. The van der Waals surface area contributed by atoms with E-state index in [1.54, 1.807) is 0 Å². The summed E-state index contributed by atoms with van der Waals surface area (Å²) >= 11 is 0. The Kier molecular flexibility index (Phi) is 12.3. The Balaban J connectivity index is 2.45. The summed E-state index contributed by atoms with van der Waals surface area (Å²) in [5, 5.41) is 0. The molecule has 2 heteroatoms. The summed E-state index contributed by atoms with van der Waals surface area (Å²) in [5.74, 6) is 0.721. The molecule has 142 valence electrons. The predicted molar refractivity (Wildman–Crippen MR) is 109 cm³/mol. The molecule has 0 atom stereocenters. The van der Waals surface area contributed by atoms with Gasteiger partial charge in [-0.25, -0.2) is 0 Å². The summed E-state index contributed by atoms with van der Waals surface area (Å²) in [7, 11) is 2.07. The topological polar surface area (TPSA) is 20.3 Å². The van der Waals surface area contributed by atoms with Gasteiger partial charge in [-0.15, -0.1) is 0 Å². The number of Topliss-reactive ketones (excluding diaryl/α,β-unsaturated/α-hetero) is 1. The molecule has 0 aromatic heterocycles. The molecule has 0 N–H and O–H groups in total. The van der Waals surface area contributed by atoms with Gasteiger partial charge < -0.3 is 0 Å². The second-order valence-corrected chi connectivity index (χ2v) is 7.52. The molecule has 1 aromatic carbocycles. The van der Waals surface area contributed by atoms with Gasteiger partial charge >= 0.3 is 0 Å². The molecule has 0 heterocycles. The van der Waals surface area contributed by atoms with Crippen molar-refractivity contribution in [3.63, 3.8) is 0 Å². The Morgan fingerprint density at radius 1 is 0.880 bits per heavy atom. The fourth-order valence-electron chi connectivity index (χ4n) is 3.45. The predicted octanol–water partition coefficient (Wildman–Crippen LogP) is 6.24. The maximum Gasteiger partial charge on any atom is 0.149 e. The number of benzene rings is 1. The van der Waals surface area contributed by atoms with Crippen LogP contribution in [0.15, 0.2) is 30.3 Å². The van der Waals surface area contributed by atoms with E-state index < -0.39 is 0 Å². The van der Waals surface area contributed by atoms with E-state index in [1.165, 1.54) is 56.9 Å². The highest BCUT2D eigenvalue weighted by Gasteiger charge is 2.19. The first-order chi connectivity index (χ1) is 12.2. The lowest BCUT2D eigenvalue weighted by Crippen LogP contribution is -2.30. The molecule has 0 saturated carbocycles. The molecule has 0 unspecified atom stereocenters. The molecule has 0 bridgehead atoms. The van der Waals surface area contributed by atoms with E-state index in [-0.39, 0.29) is 5.92 Å². The van der Waals surface area contributed by atoms with Crippen molar-refractivity contribution in [1.82, 2.24) is 4.90 Å². The summed E-state index contributed by atoms with van der Waals surface area (Å²) < 4.78 is 0. The highest BCUT2D eigenvalue weighted by Crippen LogP contribution is 2.20. The van der Waals surface area contributed by atoms with Crippen LogP contribution in [0.5, 0.6) is 0 Å². The molecule has 0 aliphatic heterocycles. The Hall–Kier alpha value is -1.15. The van der Waals surface area contributed by atoms with Crippen LogP contribution in [0.4, 0.5) is 0 Å². The van der Waals surface area contributed by atoms with Crippen molar-refractivity contribution in [2.75, 3.05) is 13.6 Å². The molecular weight excluding hydrogens is 306 g/mol. The zero-order chi connectivity index (χ0) is 18.3. The largest absolute Gasteiger partial charge is 0.298 e. The van der Waals surface area contributed by atoms with Crippen LogP contribution >= 0.6 is 0 Å². The fourth-order valence-corrected chi connectivity index (χ4v) is 3.45. The third-order valence-electron chi connectivity index (χ3n) is 4.99. The smallest absolute Gasteiger partial charge is 0.149 e. The van der Waals surface area contributed by atoms with Crippen LogP contribution in [0.1, 0.15) is 83.6 Å². The first kappa shape index (κ1) is 21.9. The van der Waals surface area contributed by atoms with E-state index in [1.807, 2.05) is 6.07 Å². The van der Waals surface area contributed by atoms with Gasteiger partial charge in [0.25, 0.3) is 0 Å². The van der Waals surface area contributed by atoms with Gasteiger partial charge in [0, 0.05) is 12.5 Å². The van der Waals surface area contributed by atoms with Crippen molar-refractivity contribution < 1.29 is 4.79 Å². The van der Waals surface area contributed by atoms with Crippen molar-refractivity contribution in [2.45, 2.75) is 84.6 Å². The summed E-state index contributed by atoms with van der Waals surface area (Å²) in [6.45, 7) is 5.92. The Bertz CT molecular complexity index is 431. The fraction of sp³-hybridized carbons (Fsp3) is 0.696. The number of rotatable bonds is 15. The lowest BCUT2D eigenvalue weighted by atomic mass is 9.90. The number of ketones is 1. The van der Waals surface area contributed by atoms with Gasteiger partial charge in [-0.3, -0.25) is 9.69 Å². The van der Waals surface area contributed by atoms with Gasteiger partial charge in [-0.1, -0.05) is 95.5 Å². The Labute approximate surface area is 156 Å². The summed E-state index contributed by atoms with van der Waals surface area (Å²) in [6, 6.07) is 10.4. The van der Waals surface area contributed by atoms with E-state index in [0.29, 0.717) is 12.3 Å². The van der Waals surface area contributed by atoms with Crippen molar-refractivity contribution in [3.05, 3.63) is 35.9 Å². The normalized spacial score (nSPS) is 11.4. The molecule has 0 fully saturated rings. The van der Waals surface area contributed by atoms with Crippen LogP contribution in [0, 0.1) is 5.92 Å². The lowest BCUT2D eigenvalue weighted by molar-refractivity contribution is -0.124. The third-order valence-corrected chi connectivity index (χ3v) is 4.99. The second kappa shape index (κ2) is 14.1. The Morgan fingerprint density at radius 2 is 1.44 bits per heavy atom. The van der Waals surface area contributed by atoms with Crippen molar-refractivity contribution in [1.29, 1.82) is 0 Å². The molecule has 25 heavy (non-hydrogen) atoms. The first-order valence-electron chi connectivity index (χ1n) is 10.4. The van der Waals surface area contributed by atoms with E-state index >= 15 is 0 Å². The summed E-state index contributed by atoms with van der Waals surface area (Å²) in [5.41, 5.74) is 1.28. The van der Waals surface area contributed by atoms with Crippen LogP contribution in [0.25, 0.3) is 0 Å². The SMILES string of the molecule is CCCCCCC(CCCCCC)C(=O)CN(C)Cc1ccccc1. The molecule has 1 rings (SSSR count). The molecule has 0 amide bonds. The second-order valence-electron chi connectivity index (χ2n) is 7.52. The molecule has 0 radical (unpaired) electrons. The van der Waals surface area contributed by atoms with Crippen LogP contribution in [-0.2, 0) is 11.3 Å². The van der Waals surface area contributed by atoms with Gasteiger partial charge in [0.2, 0.25) is 0 Å². The van der Waals surface area contributed by atoms with Gasteiger partial charge in [0.15, 0.2) is 0 Å². The van der Waals surface area contributed by atoms with Crippen LogP contribution in [0.2, 0.25) is 0 Å². The molecule has 0 saturated heterocycles. The highest BCUT2D eigenvalue weighted by atomic mass is 16.1. The summed E-state index contributed by atoms with van der Waals surface area (Å²) in [4.78, 5) is 15.0. The van der Waals surface area contributed by atoms with E-state index in [4.69, 9.17) is 0 Å². The van der Waals surface area contributed by atoms with Gasteiger partial charge in [0.1, 0.15) is 5.78 Å². The number of hydrogen-bond donors (Lipinski definition) is 0. The standard InChI is InChI=1S/C23H39NO/c1-4-6-8-13-17-22(18-14-9-7-5-2)23(25)20-24(3)19-21-15-11-10-12-16-21/h10-12,15-16,22H,4-9,13-14,17-20H2,1-3H3. The summed E-state index contributed by atoms with van der Waals surface area (Å²) in [6.07, 6.45) is 12.2. The minimum absolute atomic E-state index is 0.270. The van der Waals surface area contributed by atoms with E-state index in [2.05, 4.69) is 50.1 Å². The third kappa shape index (κ3) is 10.4. The molecular formula is C23H39NO. The van der Waals surface area contributed by atoms with E-state index in [0.717, 1.165) is 19.4 Å². The zero-order valence-corrected chi connectivity index (χ0v) is 16.8. The van der Waals surface area contributed by atoms with E-state index in [9.17, 15) is 4.79 Å². The van der Waals surface area contributed by atoms with Gasteiger partial charge in [-0.05, 0) is 25.5 Å². The molecule has 0 aliphatic carbocycles. The minimum Gasteiger partial charge on any atom is -0.298 e. The lowest BCUT2D eigenvalue weighted by Gasteiger charge is -2.21. The molecule has 2 nitrogen and oxygen atoms in total. The number of likely N-dealkylation sites (N-methyl/N-ethyl adjacent to an activating group) is 1. The number of carbonyl (C=O) groups is 1. The van der Waals surface area contributed by atoms with Crippen molar-refractivity contribution in [3.8, 4) is 0 Å². The average molecular weight is 346 g/mol. The maximum atomic E-state index is 12.8. The average Bonchev–Trinajstić information content (AvgIpc) is 2.61. The van der Waals surface area contributed by atoms with Crippen molar-refractivity contribution in [2.24, 2.45) is 5.92 Å². The minimum atomic E-state index is 0.270. The molecule has 1 aromatic rings. The monoisotopic (exact) mass is 345 g/mol. The number of hydrogen-bond acceptors (Lipinski definition) is 2. The van der Waals surface area contributed by atoms with Crippen LogP contribution in [-0.4, -0.2) is 24.3 Å². The highest BCUT2D eigenvalue weighted by molar-refractivity contribution is 5.82. The maximum absolute atomic E-state index is 12.8. The van der Waals surface area contributed by atoms with Gasteiger partial charge in [0.05, 0.1) is 6.54 Å². The van der Waals surface area contributed by atoms with Gasteiger partial charge in [-0.2, -0.15) is 0 Å². The van der Waals surface area contributed by atoms with Crippen molar-refractivity contribution >= 4 is 5.78 Å². The van der Waals surface area contributed by atoms with Crippen LogP contribution in [0.3, 0.4) is 0 Å². The van der Waals surface area contributed by atoms with Crippen LogP contribution < -0.4 is 0 Å². The quantitative estimate of drug-likeness (QED) is 0.350. The Morgan fingerprint density at radius 3 is 1.96 bits per heavy atom.